The van der Waals surface area contributed by atoms with Crippen LogP contribution in [0.1, 0.15) is 68.5 Å². The van der Waals surface area contributed by atoms with E-state index < -0.39 is 0 Å². The summed E-state index contributed by atoms with van der Waals surface area (Å²) in [7, 11) is 0. The van der Waals surface area contributed by atoms with Crippen molar-refractivity contribution < 1.29 is 14.4 Å². The highest BCUT2D eigenvalue weighted by molar-refractivity contribution is 6.09. The number of hydrogen-bond acceptors (Lipinski definition) is 4. The Morgan fingerprint density at radius 1 is 1.06 bits per heavy atom. The molecule has 2 saturated heterocycles. The van der Waals surface area contributed by atoms with Crippen molar-refractivity contribution in [1.82, 2.24) is 20.1 Å². The summed E-state index contributed by atoms with van der Waals surface area (Å²) in [6.07, 6.45) is 5.86. The summed E-state index contributed by atoms with van der Waals surface area (Å²) in [5.74, 6) is 0.239. The maximum Gasteiger partial charge on any atom is 0.253 e. The third-order valence-corrected chi connectivity index (χ3v) is 6.67. The van der Waals surface area contributed by atoms with E-state index in [0.29, 0.717) is 36.7 Å². The van der Waals surface area contributed by atoms with E-state index in [1.807, 2.05) is 45.0 Å². The Morgan fingerprint density at radius 2 is 1.72 bits per heavy atom. The predicted octanol–water partition coefficient (Wildman–Crippen LogP) is 3.19. The van der Waals surface area contributed by atoms with Crippen molar-refractivity contribution in [2.24, 2.45) is 5.92 Å². The van der Waals surface area contributed by atoms with E-state index in [1.165, 1.54) is 11.5 Å². The third kappa shape index (κ3) is 4.72. The number of rotatable bonds is 5. The molecule has 4 rings (SSSR count). The highest BCUT2D eigenvalue weighted by Gasteiger charge is 2.41. The fraction of sp³-hybridized carbons (Fsp3) is 0.560. The molecular weight excluding hydrogens is 404 g/mol. The van der Waals surface area contributed by atoms with Gasteiger partial charge < -0.3 is 10.6 Å². The molecule has 2 aliphatic heterocycles. The van der Waals surface area contributed by atoms with Crippen LogP contribution in [0.3, 0.4) is 0 Å². The number of nitrogens with zero attached hydrogens (tertiary/aromatic N) is 2. The number of hydrogen-bond donors (Lipinski definition) is 2. The van der Waals surface area contributed by atoms with Gasteiger partial charge in [-0.3, -0.25) is 23.9 Å². The minimum atomic E-state index is -0.218. The van der Waals surface area contributed by atoms with Gasteiger partial charge in [0.25, 0.3) is 5.91 Å². The lowest BCUT2D eigenvalue weighted by atomic mass is 9.90. The van der Waals surface area contributed by atoms with Gasteiger partial charge in [-0.1, -0.05) is 18.2 Å². The van der Waals surface area contributed by atoms with E-state index in [2.05, 4.69) is 15.5 Å². The van der Waals surface area contributed by atoms with Crippen LogP contribution in [0, 0.1) is 5.92 Å². The van der Waals surface area contributed by atoms with Crippen LogP contribution in [0.25, 0.3) is 10.9 Å². The summed E-state index contributed by atoms with van der Waals surface area (Å²) in [6.45, 7) is 8.58. The molecule has 3 atom stereocenters. The number of nitrogens with one attached hydrogen (secondary N) is 2. The second kappa shape index (κ2) is 8.70. The van der Waals surface area contributed by atoms with Crippen molar-refractivity contribution in [2.45, 2.75) is 71.0 Å². The van der Waals surface area contributed by atoms with Gasteiger partial charge in [-0.2, -0.15) is 0 Å². The van der Waals surface area contributed by atoms with Gasteiger partial charge in [0.2, 0.25) is 11.8 Å². The summed E-state index contributed by atoms with van der Waals surface area (Å²) in [4.78, 5) is 39.7. The average Bonchev–Trinajstić information content (AvgIpc) is 3.19. The third-order valence-electron chi connectivity index (χ3n) is 6.67. The molecule has 0 saturated carbocycles. The highest BCUT2D eigenvalue weighted by Crippen LogP contribution is 2.38. The molecule has 2 bridgehead atoms. The van der Waals surface area contributed by atoms with Gasteiger partial charge in [0.15, 0.2) is 0 Å². The fourth-order valence-corrected chi connectivity index (χ4v) is 5.39. The number of amides is 2. The minimum Gasteiger partial charge on any atom is -0.352 e. The molecule has 0 aliphatic carbocycles. The molecule has 32 heavy (non-hydrogen) atoms. The molecule has 2 fully saturated rings. The lowest BCUT2D eigenvalue weighted by molar-refractivity contribution is -0.125. The Bertz CT molecular complexity index is 1020. The number of benzene rings is 1. The van der Waals surface area contributed by atoms with Gasteiger partial charge in [0, 0.05) is 42.7 Å². The molecule has 3 heterocycles. The van der Waals surface area contributed by atoms with Crippen LogP contribution in [-0.4, -0.2) is 57.9 Å². The minimum absolute atomic E-state index is 0.0861. The molecule has 0 spiro atoms. The van der Waals surface area contributed by atoms with Crippen LogP contribution >= 0.6 is 0 Å². The van der Waals surface area contributed by atoms with Gasteiger partial charge in [0.1, 0.15) is 0 Å². The molecular formula is C25H34N4O3. The van der Waals surface area contributed by atoms with Gasteiger partial charge in [0.05, 0.1) is 17.6 Å². The van der Waals surface area contributed by atoms with Crippen LogP contribution in [0.4, 0.5) is 0 Å². The van der Waals surface area contributed by atoms with Crippen LogP contribution in [0.5, 0.6) is 0 Å². The van der Waals surface area contributed by atoms with Crippen molar-refractivity contribution in [3.05, 3.63) is 36.0 Å². The molecule has 2 N–H and O–H groups in total. The van der Waals surface area contributed by atoms with Gasteiger partial charge in [-0.25, -0.2) is 0 Å². The lowest BCUT2D eigenvalue weighted by Crippen LogP contribution is -2.52. The van der Waals surface area contributed by atoms with Crippen molar-refractivity contribution in [1.29, 1.82) is 0 Å². The van der Waals surface area contributed by atoms with Gasteiger partial charge in [-0.15, -0.1) is 0 Å². The second-order valence-corrected chi connectivity index (χ2v) is 10.4. The normalized spacial score (nSPS) is 23.3. The molecule has 7 nitrogen and oxygen atoms in total. The number of aromatic nitrogens is 1. The van der Waals surface area contributed by atoms with E-state index >= 15 is 0 Å². The molecule has 2 aliphatic rings. The second-order valence-electron chi connectivity index (χ2n) is 10.4. The molecule has 7 heteroatoms. The zero-order chi connectivity index (χ0) is 23.0. The maximum absolute atomic E-state index is 13.0. The zero-order valence-electron chi connectivity index (χ0n) is 19.5. The average molecular weight is 439 g/mol. The fourth-order valence-electron chi connectivity index (χ4n) is 5.39. The van der Waals surface area contributed by atoms with E-state index in [-0.39, 0.29) is 23.3 Å². The summed E-state index contributed by atoms with van der Waals surface area (Å²) in [5.41, 5.74) is 1.07. The lowest BCUT2D eigenvalue weighted by Gasteiger charge is -2.39. The highest BCUT2D eigenvalue weighted by atomic mass is 16.2. The van der Waals surface area contributed by atoms with Crippen LogP contribution in [-0.2, 0) is 4.79 Å². The molecule has 1 unspecified atom stereocenters. The Kier molecular flexibility index (Phi) is 6.12. The Labute approximate surface area is 189 Å². The first kappa shape index (κ1) is 22.5. The Hall–Kier alpha value is -2.67. The molecule has 2 amide bonds. The number of carbonyl (C=O) groups excluding carboxylic acids is 3. The smallest absolute Gasteiger partial charge is 0.253 e. The molecule has 2 aromatic rings. The molecule has 1 aromatic heterocycles. The van der Waals surface area contributed by atoms with Crippen LogP contribution in [0.2, 0.25) is 0 Å². The summed E-state index contributed by atoms with van der Waals surface area (Å²) in [5, 5.41) is 6.96. The Morgan fingerprint density at radius 3 is 2.34 bits per heavy atom. The zero-order valence-corrected chi connectivity index (χ0v) is 19.5. The summed E-state index contributed by atoms with van der Waals surface area (Å²) in [6, 6.07) is 8.30. The summed E-state index contributed by atoms with van der Waals surface area (Å²) >= 11 is 0. The number of piperidine rings is 1. The van der Waals surface area contributed by atoms with E-state index in [1.54, 1.807) is 6.20 Å². The first-order chi connectivity index (χ1) is 15.1. The number of carbonyl (C=O) groups is 3. The van der Waals surface area contributed by atoms with E-state index in [0.717, 1.165) is 36.6 Å². The van der Waals surface area contributed by atoms with Crippen molar-refractivity contribution in [2.75, 3.05) is 13.1 Å². The topological polar surface area (TPSA) is 83.4 Å². The first-order valence-electron chi connectivity index (χ1n) is 11.6. The molecule has 172 valence electrons. The monoisotopic (exact) mass is 438 g/mol. The first-order valence-corrected chi connectivity index (χ1v) is 11.6. The largest absolute Gasteiger partial charge is 0.352 e. The van der Waals surface area contributed by atoms with Gasteiger partial charge >= 0.3 is 0 Å². The van der Waals surface area contributed by atoms with Crippen molar-refractivity contribution >= 4 is 28.6 Å². The van der Waals surface area contributed by atoms with Gasteiger partial charge in [-0.05, 0) is 58.4 Å². The van der Waals surface area contributed by atoms with Crippen molar-refractivity contribution in [3.63, 3.8) is 0 Å². The Balaban J connectivity index is 1.36. The quantitative estimate of drug-likeness (QED) is 0.751. The van der Waals surface area contributed by atoms with Crippen LogP contribution < -0.4 is 10.6 Å². The molecule has 0 radical (unpaired) electrons. The maximum atomic E-state index is 13.0. The predicted molar refractivity (Wildman–Crippen MR) is 125 cm³/mol. The summed E-state index contributed by atoms with van der Waals surface area (Å²) < 4.78 is 1.53. The SMILES string of the molecule is CC(=O)n1cc(C(=O)NCC2C[C@H]3CC[C@@H](C2)N3CC(=O)NC(C)(C)C)c2ccccc21. The molecule has 1 aromatic carbocycles. The number of para-hydroxylation sites is 1. The number of fused-ring (bicyclic) bond motifs is 3. The standard InChI is InChI=1S/C25H34N4O3/c1-16(30)28-14-21(20-7-5-6-8-22(20)28)24(32)26-13-17-11-18-9-10-19(12-17)29(18)15-23(31)27-25(2,3)4/h5-8,14,17-19H,9-13,15H2,1-4H3,(H,26,32)(H,27,31)/t17?,18-,19+. The van der Waals surface area contributed by atoms with E-state index in [9.17, 15) is 14.4 Å². The van der Waals surface area contributed by atoms with Crippen molar-refractivity contribution in [3.8, 4) is 0 Å². The van der Waals surface area contributed by atoms with E-state index in [4.69, 9.17) is 0 Å². The van der Waals surface area contributed by atoms with Crippen LogP contribution in [0.15, 0.2) is 30.5 Å².